The fraction of sp³-hybridized carbons (Fsp3) is 0.0952. The molecule has 0 aliphatic carbocycles. The Morgan fingerprint density at radius 1 is 0.931 bits per heavy atom. The van der Waals surface area contributed by atoms with Crippen LogP contribution >= 0.6 is 0 Å². The van der Waals surface area contributed by atoms with Crippen molar-refractivity contribution in [3.63, 3.8) is 0 Å². The first-order chi connectivity index (χ1) is 13.7. The van der Waals surface area contributed by atoms with Crippen molar-refractivity contribution in [3.05, 3.63) is 89.0 Å². The van der Waals surface area contributed by atoms with Crippen LogP contribution in [0.3, 0.4) is 0 Å². The van der Waals surface area contributed by atoms with Gasteiger partial charge in [0.2, 0.25) is 0 Å². The predicted molar refractivity (Wildman–Crippen MR) is 104 cm³/mol. The van der Waals surface area contributed by atoms with E-state index in [0.29, 0.717) is 5.56 Å². The minimum Gasteiger partial charge on any atom is -0.379 e. The lowest BCUT2D eigenvalue weighted by molar-refractivity contribution is 0.102. The molecule has 0 aliphatic heterocycles. The predicted octanol–water partition coefficient (Wildman–Crippen LogP) is 4.60. The summed E-state index contributed by atoms with van der Waals surface area (Å²) in [5.41, 5.74) is 0.822. The lowest BCUT2D eigenvalue weighted by Crippen LogP contribution is -2.15. The molecule has 0 radical (unpaired) electrons. The Kier molecular flexibility index (Phi) is 5.65. The van der Waals surface area contributed by atoms with Crippen LogP contribution in [0.4, 0.5) is 14.5 Å². The molecule has 3 rings (SSSR count). The molecule has 150 valence electrons. The third-order valence-electron chi connectivity index (χ3n) is 4.14. The third-order valence-corrected chi connectivity index (χ3v) is 5.53. The van der Waals surface area contributed by atoms with Crippen LogP contribution in [0.2, 0.25) is 0 Å². The number of hydrogen-bond donors (Lipinski definition) is 1. The molecule has 0 heterocycles. The lowest BCUT2D eigenvalue weighted by Gasteiger charge is -2.11. The van der Waals surface area contributed by atoms with Crippen LogP contribution in [-0.4, -0.2) is 14.3 Å². The van der Waals surface area contributed by atoms with Gasteiger partial charge in [0, 0.05) is 5.56 Å². The van der Waals surface area contributed by atoms with Crippen molar-refractivity contribution in [2.24, 2.45) is 0 Å². The van der Waals surface area contributed by atoms with Gasteiger partial charge in [0.1, 0.15) is 28.0 Å². The first-order valence-corrected chi connectivity index (χ1v) is 9.95. The summed E-state index contributed by atoms with van der Waals surface area (Å²) in [6.45, 7) is 3.43. The molecule has 1 amide bonds. The molecule has 0 unspecified atom stereocenters. The summed E-state index contributed by atoms with van der Waals surface area (Å²) in [6, 6.07) is 13.4. The number of para-hydroxylation sites is 1. The topological polar surface area (TPSA) is 72.5 Å². The van der Waals surface area contributed by atoms with Crippen molar-refractivity contribution < 1.29 is 26.2 Å². The van der Waals surface area contributed by atoms with Crippen LogP contribution in [0, 0.1) is 25.5 Å². The van der Waals surface area contributed by atoms with Gasteiger partial charge in [-0.2, -0.15) is 8.42 Å². The monoisotopic (exact) mass is 417 g/mol. The molecule has 8 heteroatoms. The van der Waals surface area contributed by atoms with Crippen molar-refractivity contribution in [2.75, 3.05) is 5.32 Å². The number of anilines is 1. The zero-order chi connectivity index (χ0) is 21.2. The van der Waals surface area contributed by atoms with Crippen LogP contribution in [0.25, 0.3) is 0 Å². The van der Waals surface area contributed by atoms with Crippen molar-refractivity contribution in [1.82, 2.24) is 0 Å². The van der Waals surface area contributed by atoms with Gasteiger partial charge in [-0.25, -0.2) is 8.78 Å². The Labute approximate surface area is 167 Å². The molecule has 3 aromatic rings. The summed E-state index contributed by atoms with van der Waals surface area (Å²) in [4.78, 5) is 12.3. The quantitative estimate of drug-likeness (QED) is 0.616. The van der Waals surface area contributed by atoms with Gasteiger partial charge in [0.05, 0.1) is 0 Å². The maximum atomic E-state index is 13.7. The third kappa shape index (κ3) is 4.60. The number of carbonyl (C=O) groups is 1. The highest BCUT2D eigenvalue weighted by molar-refractivity contribution is 7.87. The molecule has 0 fully saturated rings. The van der Waals surface area contributed by atoms with E-state index in [1.54, 1.807) is 26.0 Å². The van der Waals surface area contributed by atoms with Gasteiger partial charge in [-0.3, -0.25) is 4.79 Å². The average molecular weight is 417 g/mol. The second kappa shape index (κ2) is 8.00. The van der Waals surface area contributed by atoms with E-state index in [0.717, 1.165) is 17.7 Å². The largest absolute Gasteiger partial charge is 0.379 e. The normalized spacial score (nSPS) is 11.2. The van der Waals surface area contributed by atoms with Crippen molar-refractivity contribution in [2.45, 2.75) is 18.7 Å². The van der Waals surface area contributed by atoms with E-state index in [-0.39, 0.29) is 16.2 Å². The van der Waals surface area contributed by atoms with Crippen LogP contribution in [0.15, 0.2) is 65.6 Å². The molecular formula is C21H17F2NO4S. The van der Waals surface area contributed by atoms with Crippen molar-refractivity contribution in [1.29, 1.82) is 0 Å². The van der Waals surface area contributed by atoms with Crippen LogP contribution in [0.5, 0.6) is 5.75 Å². The molecule has 0 atom stereocenters. The zero-order valence-corrected chi connectivity index (χ0v) is 16.4. The van der Waals surface area contributed by atoms with Gasteiger partial charge >= 0.3 is 10.1 Å². The summed E-state index contributed by atoms with van der Waals surface area (Å²) < 4.78 is 57.5. The summed E-state index contributed by atoms with van der Waals surface area (Å²) in [7, 11) is -4.06. The molecule has 0 aliphatic rings. The van der Waals surface area contributed by atoms with E-state index >= 15 is 0 Å². The van der Waals surface area contributed by atoms with Gasteiger partial charge in [-0.15, -0.1) is 0 Å². The standard InChI is InChI=1S/C21H17F2NO4S/c1-13-6-7-14(2)19(12-13)29(26,27)28-16-10-8-15(9-11-16)21(25)24-20-17(22)4-3-5-18(20)23/h3-12H,1-2H3,(H,24,25). The van der Waals surface area contributed by atoms with Crippen LogP contribution in [0.1, 0.15) is 21.5 Å². The molecule has 0 aromatic heterocycles. The maximum absolute atomic E-state index is 13.7. The lowest BCUT2D eigenvalue weighted by atomic mass is 10.2. The Bertz CT molecular complexity index is 1160. The number of amides is 1. The van der Waals surface area contributed by atoms with E-state index in [2.05, 4.69) is 5.32 Å². The molecule has 0 bridgehead atoms. The van der Waals surface area contributed by atoms with Gasteiger partial charge < -0.3 is 9.50 Å². The molecule has 3 aromatic carbocycles. The minimum atomic E-state index is -4.06. The van der Waals surface area contributed by atoms with Crippen molar-refractivity contribution in [3.8, 4) is 5.75 Å². The summed E-state index contributed by atoms with van der Waals surface area (Å²) >= 11 is 0. The van der Waals surface area contributed by atoms with Gasteiger partial charge in [-0.05, 0) is 67.4 Å². The fourth-order valence-corrected chi connectivity index (χ4v) is 3.86. The van der Waals surface area contributed by atoms with Crippen LogP contribution < -0.4 is 9.50 Å². The Hall–Kier alpha value is -3.26. The summed E-state index contributed by atoms with van der Waals surface area (Å²) in [5, 5.41) is 2.15. The first-order valence-electron chi connectivity index (χ1n) is 8.54. The summed E-state index contributed by atoms with van der Waals surface area (Å²) in [6.07, 6.45) is 0. The Balaban J connectivity index is 1.78. The number of rotatable bonds is 5. The highest BCUT2D eigenvalue weighted by Gasteiger charge is 2.20. The van der Waals surface area contributed by atoms with Crippen LogP contribution in [-0.2, 0) is 10.1 Å². The average Bonchev–Trinajstić information content (AvgIpc) is 2.67. The second-order valence-corrected chi connectivity index (χ2v) is 7.90. The van der Waals surface area contributed by atoms with E-state index in [4.69, 9.17) is 4.18 Å². The smallest absolute Gasteiger partial charge is 0.339 e. The number of nitrogens with one attached hydrogen (secondary N) is 1. The molecule has 29 heavy (non-hydrogen) atoms. The Morgan fingerprint density at radius 3 is 2.17 bits per heavy atom. The zero-order valence-electron chi connectivity index (χ0n) is 15.6. The number of hydrogen-bond acceptors (Lipinski definition) is 4. The van der Waals surface area contributed by atoms with Crippen molar-refractivity contribution >= 4 is 21.7 Å². The van der Waals surface area contributed by atoms with Gasteiger partial charge in [-0.1, -0.05) is 18.2 Å². The molecule has 5 nitrogen and oxygen atoms in total. The first kappa shape index (κ1) is 20.5. The van der Waals surface area contributed by atoms with Gasteiger partial charge in [0.15, 0.2) is 0 Å². The highest BCUT2D eigenvalue weighted by atomic mass is 32.2. The van der Waals surface area contributed by atoms with E-state index in [1.165, 1.54) is 36.4 Å². The molecule has 0 spiro atoms. The van der Waals surface area contributed by atoms with Gasteiger partial charge in [0.25, 0.3) is 5.91 Å². The number of carbonyl (C=O) groups excluding carboxylic acids is 1. The fourth-order valence-electron chi connectivity index (χ4n) is 2.61. The minimum absolute atomic E-state index is 0.000437. The maximum Gasteiger partial charge on any atom is 0.339 e. The molecule has 0 saturated heterocycles. The van der Waals surface area contributed by atoms with E-state index < -0.39 is 33.3 Å². The summed E-state index contributed by atoms with van der Waals surface area (Å²) in [5.74, 6) is -2.56. The molecule has 1 N–H and O–H groups in total. The second-order valence-electron chi connectivity index (χ2n) is 6.38. The highest BCUT2D eigenvalue weighted by Crippen LogP contribution is 2.24. The molecular weight excluding hydrogens is 400 g/mol. The number of halogens is 2. The molecule has 0 saturated carbocycles. The number of benzene rings is 3. The SMILES string of the molecule is Cc1ccc(C)c(S(=O)(=O)Oc2ccc(C(=O)Nc3c(F)cccc3F)cc2)c1. The van der Waals surface area contributed by atoms with E-state index in [9.17, 15) is 22.0 Å². The number of aryl methyl sites for hydroxylation is 2. The van der Waals surface area contributed by atoms with E-state index in [1.807, 2.05) is 0 Å². The Morgan fingerprint density at radius 2 is 1.55 bits per heavy atom.